The number of carboxylic acid groups (broad SMARTS) is 1. The van der Waals surface area contributed by atoms with Gasteiger partial charge in [0.1, 0.15) is 29.1 Å². The van der Waals surface area contributed by atoms with E-state index in [4.69, 9.17) is 11.1 Å². The maximum absolute atomic E-state index is 13.9. The van der Waals surface area contributed by atoms with E-state index >= 15 is 0 Å². The van der Waals surface area contributed by atoms with Gasteiger partial charge < -0.3 is 21.5 Å². The zero-order chi connectivity index (χ0) is 21.6. The average Bonchev–Trinajstić information content (AvgIpc) is 3.17. The van der Waals surface area contributed by atoms with Gasteiger partial charge in [-0.3, -0.25) is 24.9 Å². The van der Waals surface area contributed by atoms with Gasteiger partial charge in [0, 0.05) is 31.1 Å². The molecule has 10 nitrogen and oxygen atoms in total. The van der Waals surface area contributed by atoms with E-state index in [2.05, 4.69) is 15.5 Å². The number of carboxylic acids is 1. The molecule has 0 saturated carbocycles. The number of carbonyl (C=O) groups excluding carboxylic acids is 2. The fourth-order valence-corrected chi connectivity index (χ4v) is 2.37. The van der Waals surface area contributed by atoms with E-state index in [9.17, 15) is 28.3 Å². The Hall–Kier alpha value is -3.83. The van der Waals surface area contributed by atoms with Crippen molar-refractivity contribution in [3.8, 4) is 0 Å². The average molecular weight is 408 g/mol. The third kappa shape index (κ3) is 5.82. The molecule has 2 rings (SSSR count). The van der Waals surface area contributed by atoms with Gasteiger partial charge >= 0.3 is 5.97 Å². The highest BCUT2D eigenvalue weighted by molar-refractivity contribution is 5.97. The van der Waals surface area contributed by atoms with Crippen molar-refractivity contribution < 1.29 is 28.3 Å². The number of amidine groups is 1. The van der Waals surface area contributed by atoms with Crippen LogP contribution in [0.1, 0.15) is 30.0 Å². The van der Waals surface area contributed by atoms with Crippen molar-refractivity contribution in [1.29, 1.82) is 5.41 Å². The van der Waals surface area contributed by atoms with Crippen LogP contribution in [0, 0.1) is 17.0 Å². The molecule has 2 amide bonds. The molecule has 1 aromatic heterocycles. The van der Waals surface area contributed by atoms with Crippen molar-refractivity contribution in [3.63, 3.8) is 0 Å². The molecule has 0 saturated heterocycles. The summed E-state index contributed by atoms with van der Waals surface area (Å²) in [6, 6.07) is 3.06. The van der Waals surface area contributed by atoms with Gasteiger partial charge in [-0.15, -0.1) is 0 Å². The number of aromatic amines is 1. The van der Waals surface area contributed by atoms with Gasteiger partial charge in [0.15, 0.2) is 0 Å². The molecule has 7 N–H and O–H groups in total. The summed E-state index contributed by atoms with van der Waals surface area (Å²) in [6.07, 6.45) is 0.662. The SMILES string of the molecule is N=C(N)c1cc(F)c(NC(=O)CCC(=O)NCC(C(=O)O)c2ccn[nH]2)c(F)c1. The van der Waals surface area contributed by atoms with Crippen molar-refractivity contribution in [1.82, 2.24) is 15.5 Å². The van der Waals surface area contributed by atoms with Gasteiger partial charge in [-0.1, -0.05) is 0 Å². The zero-order valence-corrected chi connectivity index (χ0v) is 15.0. The highest BCUT2D eigenvalue weighted by Gasteiger charge is 2.22. The summed E-state index contributed by atoms with van der Waals surface area (Å²) in [5, 5.41) is 26.9. The highest BCUT2D eigenvalue weighted by Crippen LogP contribution is 2.21. The fraction of sp³-hybridized carbons (Fsp3) is 0.235. The minimum atomic E-state index is -1.17. The second-order valence-corrected chi connectivity index (χ2v) is 5.98. The first-order chi connectivity index (χ1) is 13.7. The molecule has 154 valence electrons. The van der Waals surface area contributed by atoms with Gasteiger partial charge in [-0.2, -0.15) is 5.10 Å². The van der Waals surface area contributed by atoms with Crippen LogP contribution in [0.5, 0.6) is 0 Å². The maximum atomic E-state index is 13.9. The highest BCUT2D eigenvalue weighted by atomic mass is 19.1. The minimum Gasteiger partial charge on any atom is -0.481 e. The summed E-state index contributed by atoms with van der Waals surface area (Å²) in [4.78, 5) is 35.0. The smallest absolute Gasteiger partial charge is 0.314 e. The molecule has 0 bridgehead atoms. The van der Waals surface area contributed by atoms with E-state index in [0.717, 1.165) is 12.1 Å². The van der Waals surface area contributed by atoms with Crippen molar-refractivity contribution in [2.75, 3.05) is 11.9 Å². The number of nitrogen functional groups attached to an aromatic ring is 1. The topological polar surface area (TPSA) is 174 Å². The van der Waals surface area contributed by atoms with Crippen LogP contribution in [-0.4, -0.2) is 45.5 Å². The predicted octanol–water partition coefficient (Wildman–Crippen LogP) is 0.675. The molecular weight excluding hydrogens is 390 g/mol. The van der Waals surface area contributed by atoms with Crippen LogP contribution < -0.4 is 16.4 Å². The zero-order valence-electron chi connectivity index (χ0n) is 15.0. The van der Waals surface area contributed by atoms with E-state index in [1.54, 1.807) is 0 Å². The monoisotopic (exact) mass is 408 g/mol. The standard InChI is InChI=1S/C17H18F2N6O4/c18-10-5-8(16(20)21)6-11(19)15(10)24-14(27)2-1-13(26)22-7-9(17(28)29)12-3-4-23-25-12/h3-6,9H,1-2,7H2,(H3,20,21)(H,22,26)(H,23,25)(H,24,27)(H,28,29). The number of H-pyrrole nitrogens is 1. The number of hydrogen-bond acceptors (Lipinski definition) is 5. The van der Waals surface area contributed by atoms with Gasteiger partial charge in [0.25, 0.3) is 0 Å². The third-order valence-electron chi connectivity index (χ3n) is 3.90. The summed E-state index contributed by atoms with van der Waals surface area (Å²) < 4.78 is 27.8. The molecule has 0 aliphatic heterocycles. The van der Waals surface area contributed by atoms with E-state index in [1.165, 1.54) is 12.3 Å². The second kappa shape index (κ2) is 9.39. The van der Waals surface area contributed by atoms with Crippen LogP contribution in [0.4, 0.5) is 14.5 Å². The second-order valence-electron chi connectivity index (χ2n) is 5.98. The summed E-state index contributed by atoms with van der Waals surface area (Å²) in [6.45, 7) is -0.228. The van der Waals surface area contributed by atoms with Crippen molar-refractivity contribution >= 4 is 29.3 Å². The van der Waals surface area contributed by atoms with Crippen LogP contribution in [0.15, 0.2) is 24.4 Å². The number of aliphatic carboxylic acids is 1. The predicted molar refractivity (Wildman–Crippen MR) is 97.2 cm³/mol. The lowest BCUT2D eigenvalue weighted by Crippen LogP contribution is -2.32. The van der Waals surface area contributed by atoms with Crippen molar-refractivity contribution in [3.05, 3.63) is 47.3 Å². The van der Waals surface area contributed by atoms with Crippen LogP contribution in [0.25, 0.3) is 0 Å². The Morgan fingerprint density at radius 2 is 1.83 bits per heavy atom. The van der Waals surface area contributed by atoms with Gasteiger partial charge in [-0.05, 0) is 18.2 Å². The summed E-state index contributed by atoms with van der Waals surface area (Å²) >= 11 is 0. The number of nitrogens with one attached hydrogen (secondary N) is 4. The Morgan fingerprint density at radius 1 is 1.21 bits per heavy atom. The summed E-state index contributed by atoms with van der Waals surface area (Å²) in [5.74, 6) is -6.41. The summed E-state index contributed by atoms with van der Waals surface area (Å²) in [7, 11) is 0. The van der Waals surface area contributed by atoms with E-state index < -0.39 is 46.9 Å². The number of rotatable bonds is 9. The molecule has 12 heteroatoms. The minimum absolute atomic E-state index is 0.178. The van der Waals surface area contributed by atoms with Gasteiger partial charge in [0.2, 0.25) is 11.8 Å². The number of nitrogens with two attached hydrogens (primary N) is 1. The van der Waals surface area contributed by atoms with Gasteiger partial charge in [-0.25, -0.2) is 8.78 Å². The number of hydrogen-bond donors (Lipinski definition) is 6. The van der Waals surface area contributed by atoms with E-state index in [0.29, 0.717) is 5.69 Å². The Balaban J connectivity index is 1.87. The Labute approximate surface area is 163 Å². The molecule has 0 aliphatic rings. The molecule has 0 spiro atoms. The number of halogens is 2. The maximum Gasteiger partial charge on any atom is 0.314 e. The first kappa shape index (κ1) is 21.5. The molecule has 1 unspecified atom stereocenters. The quantitative estimate of drug-likeness (QED) is 0.263. The lowest BCUT2D eigenvalue weighted by molar-refractivity contribution is -0.139. The molecule has 0 aliphatic carbocycles. The molecule has 2 aromatic rings. The fourth-order valence-electron chi connectivity index (χ4n) is 2.37. The number of carbonyl (C=O) groups is 3. The molecule has 1 heterocycles. The third-order valence-corrected chi connectivity index (χ3v) is 3.90. The van der Waals surface area contributed by atoms with Crippen LogP contribution in [0.2, 0.25) is 0 Å². The Kier molecular flexibility index (Phi) is 6.95. The Morgan fingerprint density at radius 3 is 2.34 bits per heavy atom. The lowest BCUT2D eigenvalue weighted by atomic mass is 10.1. The number of aromatic nitrogens is 2. The first-order valence-corrected chi connectivity index (χ1v) is 8.31. The number of anilines is 1. The van der Waals surface area contributed by atoms with Crippen LogP contribution >= 0.6 is 0 Å². The van der Waals surface area contributed by atoms with Crippen molar-refractivity contribution in [2.45, 2.75) is 18.8 Å². The number of nitrogens with zero attached hydrogens (tertiary/aromatic N) is 1. The van der Waals surface area contributed by atoms with E-state index in [-0.39, 0.29) is 24.9 Å². The Bertz CT molecular complexity index is 909. The number of amides is 2. The molecule has 29 heavy (non-hydrogen) atoms. The number of benzene rings is 1. The summed E-state index contributed by atoms with van der Waals surface area (Å²) in [5.41, 5.74) is 4.57. The van der Waals surface area contributed by atoms with Crippen LogP contribution in [-0.2, 0) is 14.4 Å². The normalized spacial score (nSPS) is 11.5. The first-order valence-electron chi connectivity index (χ1n) is 8.31. The molecule has 0 fully saturated rings. The lowest BCUT2D eigenvalue weighted by Gasteiger charge is -2.12. The molecule has 1 aromatic carbocycles. The molecule has 1 atom stereocenters. The van der Waals surface area contributed by atoms with Gasteiger partial charge in [0.05, 0.1) is 5.69 Å². The molecular formula is C17H18F2N6O4. The van der Waals surface area contributed by atoms with E-state index in [1.807, 2.05) is 5.32 Å². The largest absolute Gasteiger partial charge is 0.481 e. The van der Waals surface area contributed by atoms with Crippen molar-refractivity contribution in [2.24, 2.45) is 5.73 Å². The van der Waals surface area contributed by atoms with Crippen LogP contribution in [0.3, 0.4) is 0 Å². The molecule has 0 radical (unpaired) electrons.